The van der Waals surface area contributed by atoms with E-state index in [9.17, 15) is 9.90 Å². The highest BCUT2D eigenvalue weighted by molar-refractivity contribution is 5.75. The van der Waals surface area contributed by atoms with Gasteiger partial charge in [0.15, 0.2) is 0 Å². The predicted octanol–water partition coefficient (Wildman–Crippen LogP) is 4.83. The molecule has 5 atom stereocenters. The second-order valence-corrected chi connectivity index (χ2v) is 8.89. The molecule has 0 saturated heterocycles. The van der Waals surface area contributed by atoms with Crippen molar-refractivity contribution in [3.05, 3.63) is 23.3 Å². The van der Waals surface area contributed by atoms with Crippen LogP contribution in [0.4, 0.5) is 0 Å². The van der Waals surface area contributed by atoms with E-state index < -0.39 is 11.4 Å². The molecule has 1 N–H and O–H groups in total. The Morgan fingerprint density at radius 1 is 1.33 bits per heavy atom. The van der Waals surface area contributed by atoms with Crippen molar-refractivity contribution in [3.8, 4) is 0 Å². The summed E-state index contributed by atoms with van der Waals surface area (Å²) in [6.45, 7) is 8.78. The molecule has 0 radical (unpaired) electrons. The smallest absolute Gasteiger partial charge is 0.309 e. The van der Waals surface area contributed by atoms with Gasteiger partial charge in [0.25, 0.3) is 0 Å². The van der Waals surface area contributed by atoms with Crippen LogP contribution in [-0.4, -0.2) is 24.3 Å². The van der Waals surface area contributed by atoms with Gasteiger partial charge in [0, 0.05) is 7.11 Å². The first-order chi connectivity index (χ1) is 11.2. The second-order valence-electron chi connectivity index (χ2n) is 8.89. The third kappa shape index (κ3) is 2.47. The van der Waals surface area contributed by atoms with Crippen LogP contribution in [0, 0.1) is 28.6 Å². The highest BCUT2D eigenvalue weighted by Crippen LogP contribution is 2.62. The number of allylic oxidation sites excluding steroid dienone is 3. The molecule has 0 heterocycles. The molecule has 3 nitrogen and oxygen atoms in total. The third-order valence-corrected chi connectivity index (χ3v) is 7.36. The SMILES string of the molecule is CO[C@H]1C[C@@H]2C(=CC[C@@H]3[C@]2(C)CCC[C@@]3(C)C(=O)O)C=C1C(C)C. The number of hydrogen-bond donors (Lipinski definition) is 1. The summed E-state index contributed by atoms with van der Waals surface area (Å²) in [6.07, 6.45) is 9.69. The van der Waals surface area contributed by atoms with Gasteiger partial charge in [-0.1, -0.05) is 39.3 Å². The molecule has 3 rings (SSSR count). The van der Waals surface area contributed by atoms with E-state index >= 15 is 0 Å². The first-order valence-corrected chi connectivity index (χ1v) is 9.41. The zero-order chi connectivity index (χ0) is 17.7. The van der Waals surface area contributed by atoms with Crippen LogP contribution in [-0.2, 0) is 9.53 Å². The van der Waals surface area contributed by atoms with E-state index in [-0.39, 0.29) is 17.4 Å². The van der Waals surface area contributed by atoms with Gasteiger partial charge in [-0.3, -0.25) is 4.79 Å². The molecule has 0 aromatic heterocycles. The number of hydrogen-bond acceptors (Lipinski definition) is 2. The summed E-state index contributed by atoms with van der Waals surface area (Å²) in [4.78, 5) is 12.0. The Morgan fingerprint density at radius 3 is 2.62 bits per heavy atom. The monoisotopic (exact) mass is 332 g/mol. The molecule has 0 spiro atoms. The van der Waals surface area contributed by atoms with E-state index in [0.717, 1.165) is 32.1 Å². The van der Waals surface area contributed by atoms with Crippen LogP contribution >= 0.6 is 0 Å². The minimum Gasteiger partial charge on any atom is -0.481 e. The average Bonchev–Trinajstić information content (AvgIpc) is 2.53. The highest BCUT2D eigenvalue weighted by atomic mass is 16.5. The summed E-state index contributed by atoms with van der Waals surface area (Å²) in [5, 5.41) is 9.90. The van der Waals surface area contributed by atoms with Gasteiger partial charge in [-0.2, -0.15) is 0 Å². The van der Waals surface area contributed by atoms with Gasteiger partial charge >= 0.3 is 5.97 Å². The van der Waals surface area contributed by atoms with E-state index in [1.54, 1.807) is 7.11 Å². The van der Waals surface area contributed by atoms with Crippen LogP contribution in [0.3, 0.4) is 0 Å². The van der Waals surface area contributed by atoms with E-state index in [2.05, 4.69) is 32.9 Å². The number of aliphatic carboxylic acids is 1. The minimum absolute atomic E-state index is 0.0608. The fourth-order valence-corrected chi connectivity index (χ4v) is 5.86. The number of carboxylic acid groups (broad SMARTS) is 1. The fraction of sp³-hybridized carbons (Fsp3) is 0.762. The van der Waals surface area contributed by atoms with Crippen LogP contribution in [0.1, 0.15) is 59.8 Å². The molecular weight excluding hydrogens is 300 g/mol. The lowest BCUT2D eigenvalue weighted by Gasteiger charge is -2.57. The number of methoxy groups -OCH3 is 1. The summed E-state index contributed by atoms with van der Waals surface area (Å²) >= 11 is 0. The van der Waals surface area contributed by atoms with E-state index in [1.165, 1.54) is 11.1 Å². The fourth-order valence-electron chi connectivity index (χ4n) is 5.86. The van der Waals surface area contributed by atoms with Crippen molar-refractivity contribution in [1.29, 1.82) is 0 Å². The molecule has 3 heteroatoms. The number of carboxylic acids is 1. The zero-order valence-corrected chi connectivity index (χ0v) is 15.8. The third-order valence-electron chi connectivity index (χ3n) is 7.36. The number of carbonyl (C=O) groups is 1. The molecule has 3 aliphatic rings. The zero-order valence-electron chi connectivity index (χ0n) is 15.8. The molecular formula is C21H32O3. The van der Waals surface area contributed by atoms with Crippen molar-refractivity contribution in [2.45, 2.75) is 65.9 Å². The van der Waals surface area contributed by atoms with E-state index in [1.807, 2.05) is 6.92 Å². The Kier molecular flexibility index (Phi) is 4.44. The van der Waals surface area contributed by atoms with Crippen LogP contribution in [0.5, 0.6) is 0 Å². The quantitative estimate of drug-likeness (QED) is 0.805. The van der Waals surface area contributed by atoms with Crippen molar-refractivity contribution in [2.75, 3.05) is 7.11 Å². The molecule has 1 fully saturated rings. The predicted molar refractivity (Wildman–Crippen MR) is 95.7 cm³/mol. The first kappa shape index (κ1) is 17.7. The van der Waals surface area contributed by atoms with Crippen LogP contribution in [0.15, 0.2) is 23.3 Å². The van der Waals surface area contributed by atoms with Crippen molar-refractivity contribution in [2.24, 2.45) is 28.6 Å². The topological polar surface area (TPSA) is 46.5 Å². The van der Waals surface area contributed by atoms with Gasteiger partial charge in [0.05, 0.1) is 11.5 Å². The summed E-state index contributed by atoms with van der Waals surface area (Å²) in [7, 11) is 1.81. The molecule has 0 aromatic rings. The second kappa shape index (κ2) is 6.01. The molecule has 0 aliphatic heterocycles. The van der Waals surface area contributed by atoms with Gasteiger partial charge in [-0.25, -0.2) is 0 Å². The molecule has 134 valence electrons. The largest absolute Gasteiger partial charge is 0.481 e. The Balaban J connectivity index is 2.04. The Bertz CT molecular complexity index is 588. The van der Waals surface area contributed by atoms with E-state index in [0.29, 0.717) is 11.8 Å². The van der Waals surface area contributed by atoms with Crippen molar-refractivity contribution < 1.29 is 14.6 Å². The average molecular weight is 332 g/mol. The summed E-state index contributed by atoms with van der Waals surface area (Å²) in [6, 6.07) is 0. The minimum atomic E-state index is -0.618. The highest BCUT2D eigenvalue weighted by Gasteiger charge is 2.57. The van der Waals surface area contributed by atoms with Crippen LogP contribution in [0.2, 0.25) is 0 Å². The van der Waals surface area contributed by atoms with Crippen molar-refractivity contribution in [1.82, 2.24) is 0 Å². The summed E-state index contributed by atoms with van der Waals surface area (Å²) < 4.78 is 5.83. The van der Waals surface area contributed by atoms with Crippen molar-refractivity contribution >= 4 is 5.97 Å². The standard InChI is InChI=1S/C21H32O3/c1-13(2)15-11-14-7-8-18-20(3,16(14)12-17(15)24-5)9-6-10-21(18,4)19(22)23/h7,11,13,16-18H,6,8-10,12H2,1-5H3,(H,22,23)/t16-,17+,18-,20-,21-/m1/s1. The van der Waals surface area contributed by atoms with Crippen molar-refractivity contribution in [3.63, 3.8) is 0 Å². The summed E-state index contributed by atoms with van der Waals surface area (Å²) in [5.41, 5.74) is 2.28. The maximum atomic E-state index is 12.0. The normalized spacial score (nSPS) is 42.0. The maximum Gasteiger partial charge on any atom is 0.309 e. The van der Waals surface area contributed by atoms with Crippen LogP contribution < -0.4 is 0 Å². The number of fused-ring (bicyclic) bond motifs is 3. The Hall–Kier alpha value is -1.09. The molecule has 3 aliphatic carbocycles. The van der Waals surface area contributed by atoms with Gasteiger partial charge in [-0.15, -0.1) is 0 Å². The lowest BCUT2D eigenvalue weighted by Crippen LogP contribution is -2.53. The molecule has 0 bridgehead atoms. The van der Waals surface area contributed by atoms with E-state index in [4.69, 9.17) is 4.74 Å². The van der Waals surface area contributed by atoms with Gasteiger partial charge in [-0.05, 0) is 66.9 Å². The van der Waals surface area contributed by atoms with Gasteiger partial charge in [0.1, 0.15) is 0 Å². The molecule has 0 amide bonds. The Labute approximate surface area is 146 Å². The first-order valence-electron chi connectivity index (χ1n) is 9.41. The Morgan fingerprint density at radius 2 is 2.04 bits per heavy atom. The molecule has 0 unspecified atom stereocenters. The lowest BCUT2D eigenvalue weighted by atomic mass is 9.46. The molecule has 24 heavy (non-hydrogen) atoms. The van der Waals surface area contributed by atoms with Gasteiger partial charge < -0.3 is 9.84 Å². The molecule has 1 saturated carbocycles. The number of ether oxygens (including phenoxy) is 1. The van der Waals surface area contributed by atoms with Gasteiger partial charge in [0.2, 0.25) is 0 Å². The maximum absolute atomic E-state index is 12.0. The number of rotatable bonds is 3. The lowest BCUT2D eigenvalue weighted by molar-refractivity contribution is -0.163. The van der Waals surface area contributed by atoms with Crippen LogP contribution in [0.25, 0.3) is 0 Å². The summed E-state index contributed by atoms with van der Waals surface area (Å²) in [5.74, 6) is 0.505. The molecule has 0 aromatic carbocycles.